The lowest BCUT2D eigenvalue weighted by Crippen LogP contribution is -2.22. The van der Waals surface area contributed by atoms with E-state index >= 15 is 0 Å². The standard InChI is InChI=1S/C10H10N4O/c11-10-6-3-8-9(15-2-1-12-8)4-7(6)13-5-14-10/h1-4,12-13H,5H2,(H2,11,14). The molecule has 15 heavy (non-hydrogen) atoms. The molecule has 0 saturated carbocycles. The number of amidine groups is 1. The summed E-state index contributed by atoms with van der Waals surface area (Å²) in [6, 6.07) is 3.85. The van der Waals surface area contributed by atoms with Gasteiger partial charge in [-0.2, -0.15) is 0 Å². The quantitative estimate of drug-likeness (QED) is 0.588. The van der Waals surface area contributed by atoms with Crippen molar-refractivity contribution in [1.82, 2.24) is 0 Å². The number of aliphatic imine (C=N–C) groups is 1. The normalized spacial score (nSPS) is 16.4. The molecule has 4 N–H and O–H groups in total. The number of nitrogens with two attached hydrogens (primary N) is 1. The molecule has 2 aliphatic heterocycles. The predicted molar refractivity (Wildman–Crippen MR) is 59.0 cm³/mol. The van der Waals surface area contributed by atoms with Gasteiger partial charge in [0.2, 0.25) is 0 Å². The van der Waals surface area contributed by atoms with E-state index in [1.165, 1.54) is 0 Å². The zero-order valence-electron chi connectivity index (χ0n) is 7.95. The van der Waals surface area contributed by atoms with Gasteiger partial charge in [0.15, 0.2) is 5.75 Å². The minimum absolute atomic E-state index is 0.515. The highest BCUT2D eigenvalue weighted by molar-refractivity contribution is 6.05. The molecule has 0 spiro atoms. The summed E-state index contributed by atoms with van der Waals surface area (Å²) in [6.45, 7) is 0.515. The summed E-state index contributed by atoms with van der Waals surface area (Å²) < 4.78 is 5.36. The fourth-order valence-corrected chi connectivity index (χ4v) is 1.67. The summed E-state index contributed by atoms with van der Waals surface area (Å²) in [7, 11) is 0. The molecular formula is C10H10N4O. The fraction of sp³-hybridized carbons (Fsp3) is 0.100. The van der Waals surface area contributed by atoms with E-state index in [1.54, 1.807) is 12.5 Å². The monoisotopic (exact) mass is 202 g/mol. The summed E-state index contributed by atoms with van der Waals surface area (Å²) in [4.78, 5) is 4.12. The van der Waals surface area contributed by atoms with Crippen LogP contribution in [0.15, 0.2) is 29.6 Å². The van der Waals surface area contributed by atoms with Crippen LogP contribution in [0.2, 0.25) is 0 Å². The molecule has 0 unspecified atom stereocenters. The van der Waals surface area contributed by atoms with Gasteiger partial charge in [-0.3, -0.25) is 0 Å². The average Bonchev–Trinajstić information content (AvgIpc) is 2.27. The number of anilines is 2. The molecule has 0 amide bonds. The van der Waals surface area contributed by atoms with E-state index in [0.717, 1.165) is 22.7 Å². The van der Waals surface area contributed by atoms with Crippen molar-refractivity contribution < 1.29 is 4.74 Å². The van der Waals surface area contributed by atoms with Crippen molar-refractivity contribution in [3.05, 3.63) is 30.2 Å². The third-order valence-electron chi connectivity index (χ3n) is 2.42. The highest BCUT2D eigenvalue weighted by atomic mass is 16.5. The molecule has 5 heteroatoms. The van der Waals surface area contributed by atoms with Gasteiger partial charge in [0.05, 0.1) is 11.4 Å². The Balaban J connectivity index is 2.16. The third kappa shape index (κ3) is 1.20. The summed E-state index contributed by atoms with van der Waals surface area (Å²) in [6.07, 6.45) is 3.34. The highest BCUT2D eigenvalue weighted by Gasteiger charge is 2.16. The van der Waals surface area contributed by atoms with Crippen molar-refractivity contribution in [2.24, 2.45) is 10.7 Å². The topological polar surface area (TPSA) is 71.7 Å². The van der Waals surface area contributed by atoms with Crippen LogP contribution in [0, 0.1) is 0 Å². The van der Waals surface area contributed by atoms with Crippen LogP contribution < -0.4 is 21.1 Å². The molecule has 76 valence electrons. The van der Waals surface area contributed by atoms with Gasteiger partial charge < -0.3 is 21.1 Å². The Hall–Kier alpha value is -2.17. The first kappa shape index (κ1) is 8.16. The minimum Gasteiger partial charge on any atom is -0.461 e. The summed E-state index contributed by atoms with van der Waals surface area (Å²) in [5.74, 6) is 1.35. The maximum absolute atomic E-state index is 5.80. The van der Waals surface area contributed by atoms with Crippen molar-refractivity contribution in [1.29, 1.82) is 0 Å². The molecule has 0 atom stereocenters. The first-order chi connectivity index (χ1) is 7.34. The van der Waals surface area contributed by atoms with Crippen molar-refractivity contribution in [3.63, 3.8) is 0 Å². The molecular weight excluding hydrogens is 192 g/mol. The van der Waals surface area contributed by atoms with Gasteiger partial charge in [0.25, 0.3) is 0 Å². The lowest BCUT2D eigenvalue weighted by molar-refractivity contribution is 0.477. The Bertz CT molecular complexity index is 479. The van der Waals surface area contributed by atoms with Crippen LogP contribution in [0.4, 0.5) is 11.4 Å². The van der Waals surface area contributed by atoms with Gasteiger partial charge in [-0.25, -0.2) is 4.99 Å². The Morgan fingerprint density at radius 1 is 1.33 bits per heavy atom. The van der Waals surface area contributed by atoms with E-state index in [-0.39, 0.29) is 0 Å². The molecule has 0 saturated heterocycles. The number of fused-ring (bicyclic) bond motifs is 2. The van der Waals surface area contributed by atoms with Crippen molar-refractivity contribution in [2.45, 2.75) is 0 Å². The number of hydrogen-bond donors (Lipinski definition) is 3. The first-order valence-electron chi connectivity index (χ1n) is 4.65. The Labute approximate surface area is 86.6 Å². The molecule has 1 aromatic carbocycles. The van der Waals surface area contributed by atoms with Gasteiger partial charge in [-0.1, -0.05) is 0 Å². The second kappa shape index (κ2) is 2.91. The number of hydrogen-bond acceptors (Lipinski definition) is 5. The summed E-state index contributed by atoms with van der Waals surface area (Å²) in [5, 5.41) is 6.23. The largest absolute Gasteiger partial charge is 0.461 e. The lowest BCUT2D eigenvalue weighted by atomic mass is 10.1. The molecule has 0 aliphatic carbocycles. The number of nitrogens with zero attached hydrogens (tertiary/aromatic N) is 1. The lowest BCUT2D eigenvalue weighted by Gasteiger charge is -2.20. The molecule has 5 nitrogen and oxygen atoms in total. The van der Waals surface area contributed by atoms with Crippen molar-refractivity contribution in [3.8, 4) is 5.75 Å². The van der Waals surface area contributed by atoms with Crippen LogP contribution in [-0.2, 0) is 0 Å². The van der Waals surface area contributed by atoms with Crippen molar-refractivity contribution in [2.75, 3.05) is 17.3 Å². The SMILES string of the molecule is NC1=NCNc2cc3c(cc21)NC=CO3. The van der Waals surface area contributed by atoms with E-state index < -0.39 is 0 Å². The second-order valence-corrected chi connectivity index (χ2v) is 3.34. The zero-order chi connectivity index (χ0) is 10.3. The van der Waals surface area contributed by atoms with Crippen LogP contribution in [0.3, 0.4) is 0 Å². The first-order valence-corrected chi connectivity index (χ1v) is 4.65. The zero-order valence-corrected chi connectivity index (χ0v) is 7.95. The molecule has 0 aromatic heterocycles. The van der Waals surface area contributed by atoms with Gasteiger partial charge in [-0.15, -0.1) is 0 Å². The Morgan fingerprint density at radius 3 is 3.20 bits per heavy atom. The average molecular weight is 202 g/mol. The van der Waals surface area contributed by atoms with E-state index in [2.05, 4.69) is 15.6 Å². The van der Waals surface area contributed by atoms with Gasteiger partial charge >= 0.3 is 0 Å². The van der Waals surface area contributed by atoms with Gasteiger partial charge in [0, 0.05) is 17.8 Å². The Kier molecular flexibility index (Phi) is 1.58. The highest BCUT2D eigenvalue weighted by Crippen LogP contribution is 2.34. The van der Waals surface area contributed by atoms with Crippen LogP contribution >= 0.6 is 0 Å². The number of nitrogens with one attached hydrogen (secondary N) is 2. The predicted octanol–water partition coefficient (Wildman–Crippen LogP) is 1.05. The maximum Gasteiger partial charge on any atom is 0.152 e. The Morgan fingerprint density at radius 2 is 2.27 bits per heavy atom. The molecule has 0 fully saturated rings. The van der Waals surface area contributed by atoms with E-state index in [0.29, 0.717) is 12.5 Å². The van der Waals surface area contributed by atoms with Crippen LogP contribution in [-0.4, -0.2) is 12.5 Å². The summed E-state index contributed by atoms with van der Waals surface area (Å²) >= 11 is 0. The van der Waals surface area contributed by atoms with Crippen molar-refractivity contribution >= 4 is 17.2 Å². The molecule has 2 aliphatic rings. The molecule has 0 radical (unpaired) electrons. The van der Waals surface area contributed by atoms with Gasteiger partial charge in [0.1, 0.15) is 18.8 Å². The maximum atomic E-state index is 5.80. The molecule has 1 aromatic rings. The van der Waals surface area contributed by atoms with E-state index in [4.69, 9.17) is 10.5 Å². The number of benzene rings is 1. The van der Waals surface area contributed by atoms with Gasteiger partial charge in [-0.05, 0) is 6.07 Å². The van der Waals surface area contributed by atoms with Crippen LogP contribution in [0.25, 0.3) is 0 Å². The molecule has 2 heterocycles. The smallest absolute Gasteiger partial charge is 0.152 e. The van der Waals surface area contributed by atoms with Crippen LogP contribution in [0.1, 0.15) is 5.56 Å². The summed E-state index contributed by atoms with van der Waals surface area (Å²) in [5.41, 5.74) is 8.57. The third-order valence-corrected chi connectivity index (χ3v) is 2.42. The second-order valence-electron chi connectivity index (χ2n) is 3.34. The number of rotatable bonds is 0. The van der Waals surface area contributed by atoms with E-state index in [1.807, 2.05) is 12.1 Å². The molecule has 0 bridgehead atoms. The fourth-order valence-electron chi connectivity index (χ4n) is 1.67. The minimum atomic E-state index is 0.515. The number of ether oxygens (including phenoxy) is 1. The molecule has 3 rings (SSSR count). The van der Waals surface area contributed by atoms with E-state index in [9.17, 15) is 0 Å². The van der Waals surface area contributed by atoms with Crippen LogP contribution in [0.5, 0.6) is 5.75 Å².